The number of thiazole rings is 1. The number of nitrogens with zero attached hydrogens (tertiary/aromatic N) is 4. The fourth-order valence-electron chi connectivity index (χ4n) is 2.38. The van der Waals surface area contributed by atoms with Gasteiger partial charge in [-0.2, -0.15) is 0 Å². The molecule has 0 saturated carbocycles. The topological polar surface area (TPSA) is 70.1 Å². The van der Waals surface area contributed by atoms with Crippen LogP contribution in [-0.4, -0.2) is 66.2 Å². The predicted molar refractivity (Wildman–Crippen MR) is 108 cm³/mol. The number of hydrogen-bond donors (Lipinski definition) is 1. The maximum Gasteiger partial charge on any atom is 0.410 e. The van der Waals surface area contributed by atoms with Crippen LogP contribution in [0.4, 0.5) is 4.79 Å². The van der Waals surface area contributed by atoms with Crippen molar-refractivity contribution < 1.29 is 9.53 Å². The number of nitrogens with one attached hydrogen (secondary N) is 1. The van der Waals surface area contributed by atoms with Crippen LogP contribution in [0.3, 0.4) is 0 Å². The van der Waals surface area contributed by atoms with Crippen molar-refractivity contribution in [3.05, 3.63) is 16.1 Å². The highest BCUT2D eigenvalue weighted by Gasteiger charge is 2.21. The van der Waals surface area contributed by atoms with Crippen LogP contribution in [0.5, 0.6) is 0 Å². The molecule has 0 saturated heterocycles. The summed E-state index contributed by atoms with van der Waals surface area (Å²) in [5.74, 6) is 0.774. The summed E-state index contributed by atoms with van der Waals surface area (Å²) < 4.78 is 5.48. The van der Waals surface area contributed by atoms with Gasteiger partial charge in [-0.1, -0.05) is 6.92 Å². The smallest absolute Gasteiger partial charge is 0.410 e. The van der Waals surface area contributed by atoms with E-state index in [4.69, 9.17) is 4.74 Å². The third kappa shape index (κ3) is 8.03. The van der Waals surface area contributed by atoms with Gasteiger partial charge in [-0.05, 0) is 34.1 Å². The van der Waals surface area contributed by atoms with Gasteiger partial charge in [0.05, 0.1) is 17.2 Å². The number of carbonyl (C=O) groups is 1. The quantitative estimate of drug-likeness (QED) is 0.579. The molecule has 0 aromatic carbocycles. The fraction of sp³-hybridized carbons (Fsp3) is 0.722. The standard InChI is InChI=1S/C18H33N5O2S/c1-8-10-23(17(24)25-18(3,4)5)11-9-20-16(19-6)22(7)12-15-13-26-14(2)21-15/h13H,8-12H2,1-7H3,(H,19,20). The second kappa shape index (κ2) is 10.4. The van der Waals surface area contributed by atoms with E-state index in [0.29, 0.717) is 26.2 Å². The van der Waals surface area contributed by atoms with Crippen molar-refractivity contribution in [2.45, 2.75) is 53.2 Å². The molecule has 7 nitrogen and oxygen atoms in total. The number of carbonyl (C=O) groups excluding carboxylic acids is 1. The van der Waals surface area contributed by atoms with Gasteiger partial charge >= 0.3 is 6.09 Å². The van der Waals surface area contributed by atoms with Crippen molar-refractivity contribution in [3.63, 3.8) is 0 Å². The number of ether oxygens (including phenoxy) is 1. The van der Waals surface area contributed by atoms with Gasteiger partial charge in [0.15, 0.2) is 5.96 Å². The van der Waals surface area contributed by atoms with Crippen LogP contribution in [0, 0.1) is 6.92 Å². The lowest BCUT2D eigenvalue weighted by Crippen LogP contribution is -2.45. The maximum absolute atomic E-state index is 12.3. The second-order valence-electron chi connectivity index (χ2n) is 7.16. The number of aliphatic imine (C=N–C) groups is 1. The van der Waals surface area contributed by atoms with Crippen LogP contribution in [0.25, 0.3) is 0 Å². The summed E-state index contributed by atoms with van der Waals surface area (Å²) in [5.41, 5.74) is 0.539. The van der Waals surface area contributed by atoms with Gasteiger partial charge in [0.2, 0.25) is 0 Å². The van der Waals surface area contributed by atoms with Crippen molar-refractivity contribution in [3.8, 4) is 0 Å². The van der Waals surface area contributed by atoms with E-state index in [1.54, 1.807) is 23.3 Å². The average molecular weight is 384 g/mol. The van der Waals surface area contributed by atoms with Crippen molar-refractivity contribution in [2.75, 3.05) is 33.7 Å². The van der Waals surface area contributed by atoms with E-state index in [2.05, 4.69) is 20.7 Å². The minimum atomic E-state index is -0.488. The van der Waals surface area contributed by atoms with Gasteiger partial charge in [-0.15, -0.1) is 11.3 Å². The first kappa shape index (κ1) is 22.2. The lowest BCUT2D eigenvalue weighted by Gasteiger charge is -2.28. The second-order valence-corrected chi connectivity index (χ2v) is 8.22. The minimum absolute atomic E-state index is 0.276. The number of aryl methyl sites for hydroxylation is 1. The predicted octanol–water partition coefficient (Wildman–Crippen LogP) is 3.11. The number of hydrogen-bond acceptors (Lipinski definition) is 5. The van der Waals surface area contributed by atoms with Gasteiger partial charge in [0.25, 0.3) is 0 Å². The molecule has 0 radical (unpaired) electrons. The van der Waals surface area contributed by atoms with Crippen molar-refractivity contribution >= 4 is 23.4 Å². The zero-order chi connectivity index (χ0) is 19.7. The summed E-state index contributed by atoms with van der Waals surface area (Å²) in [6.45, 7) is 12.2. The Bertz CT molecular complexity index is 595. The molecule has 1 aromatic heterocycles. The first-order valence-corrected chi connectivity index (χ1v) is 9.85. The molecule has 1 heterocycles. The minimum Gasteiger partial charge on any atom is -0.444 e. The number of rotatable bonds is 7. The van der Waals surface area contributed by atoms with Crippen molar-refractivity contribution in [1.29, 1.82) is 0 Å². The van der Waals surface area contributed by atoms with Crippen LogP contribution in [-0.2, 0) is 11.3 Å². The Morgan fingerprint density at radius 2 is 2.08 bits per heavy atom. The Labute approximate surface area is 161 Å². The highest BCUT2D eigenvalue weighted by atomic mass is 32.1. The van der Waals surface area contributed by atoms with Crippen LogP contribution in [0.15, 0.2) is 10.4 Å². The molecule has 0 aliphatic carbocycles. The lowest BCUT2D eigenvalue weighted by molar-refractivity contribution is 0.0253. The Morgan fingerprint density at radius 3 is 2.58 bits per heavy atom. The van der Waals surface area contributed by atoms with E-state index in [-0.39, 0.29) is 6.09 Å². The number of amides is 1. The monoisotopic (exact) mass is 383 g/mol. The Morgan fingerprint density at radius 1 is 1.38 bits per heavy atom. The summed E-state index contributed by atoms with van der Waals surface area (Å²) in [7, 11) is 3.73. The molecule has 0 fully saturated rings. The molecule has 26 heavy (non-hydrogen) atoms. The molecule has 0 aliphatic heterocycles. The van der Waals surface area contributed by atoms with Gasteiger partial charge < -0.3 is 19.9 Å². The third-order valence-electron chi connectivity index (χ3n) is 3.45. The number of aromatic nitrogens is 1. The van der Waals surface area contributed by atoms with E-state index >= 15 is 0 Å². The van der Waals surface area contributed by atoms with E-state index in [0.717, 1.165) is 23.1 Å². The molecule has 0 atom stereocenters. The van der Waals surface area contributed by atoms with Crippen LogP contribution in [0.2, 0.25) is 0 Å². The van der Waals surface area contributed by atoms with Crippen LogP contribution >= 0.6 is 11.3 Å². The molecule has 1 aromatic rings. The van der Waals surface area contributed by atoms with E-state index < -0.39 is 5.60 Å². The Hall–Kier alpha value is -1.83. The van der Waals surface area contributed by atoms with Crippen molar-refractivity contribution in [2.24, 2.45) is 4.99 Å². The highest BCUT2D eigenvalue weighted by Crippen LogP contribution is 2.11. The van der Waals surface area contributed by atoms with Gasteiger partial charge in [0, 0.05) is 39.1 Å². The molecule has 0 spiro atoms. The SMILES string of the molecule is CCCN(CCNC(=NC)N(C)Cc1csc(C)n1)C(=O)OC(C)(C)C. The molecule has 0 bridgehead atoms. The zero-order valence-corrected chi connectivity index (χ0v) is 17.9. The van der Waals surface area contributed by atoms with Gasteiger partial charge in [-0.25, -0.2) is 9.78 Å². The highest BCUT2D eigenvalue weighted by molar-refractivity contribution is 7.09. The lowest BCUT2D eigenvalue weighted by atomic mass is 10.2. The summed E-state index contributed by atoms with van der Waals surface area (Å²) in [6.07, 6.45) is 0.610. The van der Waals surface area contributed by atoms with E-state index in [1.807, 2.05) is 46.6 Å². The van der Waals surface area contributed by atoms with Crippen molar-refractivity contribution in [1.82, 2.24) is 20.1 Å². The molecule has 0 aliphatic rings. The molecule has 148 valence electrons. The van der Waals surface area contributed by atoms with Crippen LogP contribution < -0.4 is 5.32 Å². The summed E-state index contributed by atoms with van der Waals surface area (Å²) in [5, 5.41) is 6.42. The van der Waals surface area contributed by atoms with Gasteiger partial charge in [-0.3, -0.25) is 4.99 Å². The molecule has 1 N–H and O–H groups in total. The first-order chi connectivity index (χ1) is 12.2. The maximum atomic E-state index is 12.3. The first-order valence-electron chi connectivity index (χ1n) is 8.97. The summed E-state index contributed by atoms with van der Waals surface area (Å²) in [6, 6.07) is 0. The average Bonchev–Trinajstić information content (AvgIpc) is 2.93. The third-order valence-corrected chi connectivity index (χ3v) is 4.27. The largest absolute Gasteiger partial charge is 0.444 e. The Balaban J connectivity index is 2.53. The molecule has 1 amide bonds. The van der Waals surface area contributed by atoms with E-state index in [9.17, 15) is 4.79 Å². The van der Waals surface area contributed by atoms with E-state index in [1.165, 1.54) is 0 Å². The Kier molecular flexibility index (Phi) is 8.84. The molecular weight excluding hydrogens is 350 g/mol. The summed E-state index contributed by atoms with van der Waals surface area (Å²) >= 11 is 1.64. The summed E-state index contributed by atoms with van der Waals surface area (Å²) in [4.78, 5) is 24.8. The number of guanidine groups is 1. The molecule has 1 rings (SSSR count). The zero-order valence-electron chi connectivity index (χ0n) is 17.1. The normalized spacial score (nSPS) is 12.0. The van der Waals surface area contributed by atoms with Crippen LogP contribution in [0.1, 0.15) is 44.8 Å². The molecular formula is C18H33N5O2S. The molecule has 8 heteroatoms. The van der Waals surface area contributed by atoms with Gasteiger partial charge in [0.1, 0.15) is 5.60 Å². The molecule has 0 unspecified atom stereocenters. The fourth-order valence-corrected chi connectivity index (χ4v) is 2.98.